The Morgan fingerprint density at radius 2 is 2.17 bits per heavy atom. The lowest BCUT2D eigenvalue weighted by molar-refractivity contribution is -0.133. The molecule has 7 heteroatoms. The molecule has 1 aromatic rings. The molecule has 1 aliphatic rings. The molecule has 1 saturated heterocycles. The molecule has 6 nitrogen and oxygen atoms in total. The van der Waals surface area contributed by atoms with E-state index in [9.17, 15) is 9.59 Å². The molecule has 2 rings (SSSR count). The van der Waals surface area contributed by atoms with E-state index in [-0.39, 0.29) is 18.4 Å². The standard InChI is InChI=1S/C16H26N4O2S/c1-18-7-4-12-5-8-20(9-6-12)15(21)11-13(19-16(17)22)14-3-2-10-23-14/h2-3,10,12-13,18H,4-9,11H2,1H3,(H3,17,19,22). The lowest BCUT2D eigenvalue weighted by Gasteiger charge is -2.33. The molecular formula is C16H26N4O2S. The Bertz CT molecular complexity index is 498. The highest BCUT2D eigenvalue weighted by Crippen LogP contribution is 2.25. The third-order valence-electron chi connectivity index (χ3n) is 4.35. The summed E-state index contributed by atoms with van der Waals surface area (Å²) < 4.78 is 0. The molecule has 2 heterocycles. The Labute approximate surface area is 141 Å². The van der Waals surface area contributed by atoms with Gasteiger partial charge in [-0.3, -0.25) is 4.79 Å². The second-order valence-corrected chi connectivity index (χ2v) is 6.98. The van der Waals surface area contributed by atoms with Crippen molar-refractivity contribution in [1.29, 1.82) is 0 Å². The first kappa shape index (κ1) is 17.7. The Morgan fingerprint density at radius 1 is 1.43 bits per heavy atom. The Kier molecular flexibility index (Phi) is 6.85. The number of rotatable bonds is 7. The summed E-state index contributed by atoms with van der Waals surface area (Å²) in [5.41, 5.74) is 5.24. The van der Waals surface area contributed by atoms with Crippen LogP contribution in [0.5, 0.6) is 0 Å². The van der Waals surface area contributed by atoms with Crippen LogP contribution in [-0.2, 0) is 4.79 Å². The smallest absolute Gasteiger partial charge is 0.312 e. The van der Waals surface area contributed by atoms with Crippen LogP contribution in [0.4, 0.5) is 4.79 Å². The monoisotopic (exact) mass is 338 g/mol. The number of nitrogens with one attached hydrogen (secondary N) is 2. The van der Waals surface area contributed by atoms with Gasteiger partial charge in [0.1, 0.15) is 0 Å². The molecule has 0 bridgehead atoms. The van der Waals surface area contributed by atoms with Crippen molar-refractivity contribution < 1.29 is 9.59 Å². The molecule has 1 unspecified atom stereocenters. The fourth-order valence-electron chi connectivity index (χ4n) is 3.01. The molecule has 0 aromatic carbocycles. The number of urea groups is 1. The zero-order chi connectivity index (χ0) is 16.7. The average molecular weight is 338 g/mol. The van der Waals surface area contributed by atoms with Crippen molar-refractivity contribution in [2.24, 2.45) is 11.7 Å². The van der Waals surface area contributed by atoms with E-state index >= 15 is 0 Å². The van der Waals surface area contributed by atoms with Crippen LogP contribution >= 0.6 is 11.3 Å². The van der Waals surface area contributed by atoms with E-state index in [0.717, 1.165) is 37.4 Å². The van der Waals surface area contributed by atoms with E-state index in [1.807, 2.05) is 29.5 Å². The van der Waals surface area contributed by atoms with Crippen molar-refractivity contribution in [3.05, 3.63) is 22.4 Å². The van der Waals surface area contributed by atoms with Crippen LogP contribution in [0.25, 0.3) is 0 Å². The van der Waals surface area contributed by atoms with Crippen LogP contribution in [0.2, 0.25) is 0 Å². The van der Waals surface area contributed by atoms with Gasteiger partial charge in [-0.2, -0.15) is 0 Å². The summed E-state index contributed by atoms with van der Waals surface area (Å²) in [7, 11) is 1.97. The number of amides is 3. The number of hydrogen-bond donors (Lipinski definition) is 3. The summed E-state index contributed by atoms with van der Waals surface area (Å²) in [6, 6.07) is 2.90. The van der Waals surface area contributed by atoms with Crippen LogP contribution in [0.1, 0.15) is 36.6 Å². The van der Waals surface area contributed by atoms with Gasteiger partial charge in [-0.1, -0.05) is 6.07 Å². The molecule has 128 valence electrons. The molecule has 1 fully saturated rings. The highest BCUT2D eigenvalue weighted by atomic mass is 32.1. The Morgan fingerprint density at radius 3 is 2.74 bits per heavy atom. The fraction of sp³-hybridized carbons (Fsp3) is 0.625. The van der Waals surface area contributed by atoms with Gasteiger partial charge in [-0.15, -0.1) is 11.3 Å². The van der Waals surface area contributed by atoms with Crippen molar-refractivity contribution in [3.63, 3.8) is 0 Å². The van der Waals surface area contributed by atoms with Crippen LogP contribution in [0.15, 0.2) is 17.5 Å². The summed E-state index contributed by atoms with van der Waals surface area (Å²) in [5, 5.41) is 7.79. The quantitative estimate of drug-likeness (QED) is 0.707. The highest BCUT2D eigenvalue weighted by Gasteiger charge is 2.26. The number of thiophene rings is 1. The van der Waals surface area contributed by atoms with Gasteiger partial charge < -0.3 is 21.3 Å². The van der Waals surface area contributed by atoms with E-state index in [1.54, 1.807) is 0 Å². The maximum atomic E-state index is 12.5. The largest absolute Gasteiger partial charge is 0.352 e. The summed E-state index contributed by atoms with van der Waals surface area (Å²) in [5.74, 6) is 0.785. The summed E-state index contributed by atoms with van der Waals surface area (Å²) in [4.78, 5) is 26.6. The molecule has 23 heavy (non-hydrogen) atoms. The number of hydrogen-bond acceptors (Lipinski definition) is 4. The highest BCUT2D eigenvalue weighted by molar-refractivity contribution is 7.10. The van der Waals surface area contributed by atoms with Crippen molar-refractivity contribution >= 4 is 23.3 Å². The maximum Gasteiger partial charge on any atom is 0.312 e. The van der Waals surface area contributed by atoms with Gasteiger partial charge in [0.15, 0.2) is 0 Å². The molecule has 0 saturated carbocycles. The Hall–Kier alpha value is -1.60. The van der Waals surface area contributed by atoms with Crippen molar-refractivity contribution in [2.75, 3.05) is 26.7 Å². The van der Waals surface area contributed by atoms with Crippen LogP contribution < -0.4 is 16.4 Å². The van der Waals surface area contributed by atoms with Gasteiger partial charge in [0, 0.05) is 18.0 Å². The topological polar surface area (TPSA) is 87.5 Å². The number of nitrogens with zero attached hydrogens (tertiary/aromatic N) is 1. The predicted octanol–water partition coefficient (Wildman–Crippen LogP) is 1.70. The van der Waals surface area contributed by atoms with E-state index in [0.29, 0.717) is 5.92 Å². The fourth-order valence-corrected chi connectivity index (χ4v) is 3.79. The second kappa shape index (κ2) is 8.88. The lowest BCUT2D eigenvalue weighted by Crippen LogP contribution is -2.41. The number of primary amides is 1. The first-order valence-corrected chi connectivity index (χ1v) is 9.00. The van der Waals surface area contributed by atoms with Gasteiger partial charge in [-0.05, 0) is 50.2 Å². The van der Waals surface area contributed by atoms with Gasteiger partial charge in [-0.25, -0.2) is 4.79 Å². The van der Waals surface area contributed by atoms with E-state index in [2.05, 4.69) is 10.6 Å². The molecule has 0 aliphatic carbocycles. The van der Waals surface area contributed by atoms with E-state index in [4.69, 9.17) is 5.73 Å². The average Bonchev–Trinajstić information content (AvgIpc) is 3.06. The predicted molar refractivity (Wildman–Crippen MR) is 92.2 cm³/mol. The maximum absolute atomic E-state index is 12.5. The minimum Gasteiger partial charge on any atom is -0.352 e. The molecule has 3 amide bonds. The van der Waals surface area contributed by atoms with Crippen molar-refractivity contribution in [1.82, 2.24) is 15.5 Å². The third kappa shape index (κ3) is 5.51. The molecule has 0 radical (unpaired) electrons. The zero-order valence-corrected chi connectivity index (χ0v) is 14.4. The SMILES string of the molecule is CNCCC1CCN(C(=O)CC(NC(N)=O)c2cccs2)CC1. The molecular weight excluding hydrogens is 312 g/mol. The minimum atomic E-state index is -0.595. The van der Waals surface area contributed by atoms with Gasteiger partial charge in [0.05, 0.1) is 12.5 Å². The molecule has 1 aliphatic heterocycles. The van der Waals surface area contributed by atoms with Gasteiger partial charge in [0.25, 0.3) is 0 Å². The molecule has 1 aromatic heterocycles. The molecule has 0 spiro atoms. The number of likely N-dealkylation sites (tertiary alicyclic amines) is 1. The first-order chi connectivity index (χ1) is 11.1. The number of nitrogens with two attached hydrogens (primary N) is 1. The van der Waals surface area contributed by atoms with Crippen LogP contribution in [0.3, 0.4) is 0 Å². The van der Waals surface area contributed by atoms with Gasteiger partial charge in [0.2, 0.25) is 5.91 Å². The second-order valence-electron chi connectivity index (χ2n) is 6.00. The molecule has 1 atom stereocenters. The zero-order valence-electron chi connectivity index (χ0n) is 13.6. The molecule has 4 N–H and O–H groups in total. The third-order valence-corrected chi connectivity index (χ3v) is 5.34. The lowest BCUT2D eigenvalue weighted by atomic mass is 9.93. The van der Waals surface area contributed by atoms with E-state index < -0.39 is 6.03 Å². The van der Waals surface area contributed by atoms with Crippen molar-refractivity contribution in [3.8, 4) is 0 Å². The van der Waals surface area contributed by atoms with Crippen molar-refractivity contribution in [2.45, 2.75) is 31.7 Å². The van der Waals surface area contributed by atoms with Crippen LogP contribution in [-0.4, -0.2) is 43.5 Å². The first-order valence-electron chi connectivity index (χ1n) is 8.12. The van der Waals surface area contributed by atoms with E-state index in [1.165, 1.54) is 17.8 Å². The Balaban J connectivity index is 1.86. The van der Waals surface area contributed by atoms with Crippen LogP contribution in [0, 0.1) is 5.92 Å². The summed E-state index contributed by atoms with van der Waals surface area (Å²) in [6.07, 6.45) is 3.55. The summed E-state index contributed by atoms with van der Waals surface area (Å²) >= 11 is 1.52. The number of piperidine rings is 1. The summed E-state index contributed by atoms with van der Waals surface area (Å²) in [6.45, 7) is 2.64. The minimum absolute atomic E-state index is 0.0872. The normalized spacial score (nSPS) is 17.0. The van der Waals surface area contributed by atoms with Gasteiger partial charge >= 0.3 is 6.03 Å². The number of carbonyl (C=O) groups is 2. The number of carbonyl (C=O) groups excluding carboxylic acids is 2.